The minimum absolute atomic E-state index is 0.0838. The van der Waals surface area contributed by atoms with Crippen LogP contribution in [-0.4, -0.2) is 55.7 Å². The Morgan fingerprint density at radius 2 is 2.32 bits per heavy atom. The zero-order valence-electron chi connectivity index (χ0n) is 10.8. The van der Waals surface area contributed by atoms with Crippen LogP contribution in [-0.2, 0) is 16.4 Å². The van der Waals surface area contributed by atoms with Crippen molar-refractivity contribution in [1.29, 1.82) is 0 Å². The molecule has 1 aromatic rings. The Morgan fingerprint density at radius 1 is 1.47 bits per heavy atom. The standard InChI is InChI=1S/C12H20N4O2S/c13-9-12-10-14-6-7-16(12)19(17,18)8-4-11-3-1-2-5-15-11/h1-3,5,12,14H,4,6-10,13H2. The molecule has 0 bridgehead atoms. The molecule has 0 aromatic carbocycles. The third-order valence-electron chi connectivity index (χ3n) is 3.27. The van der Waals surface area contributed by atoms with Gasteiger partial charge in [-0.3, -0.25) is 4.98 Å². The second-order valence-corrected chi connectivity index (χ2v) is 6.63. The second kappa shape index (κ2) is 6.42. The third-order valence-corrected chi connectivity index (χ3v) is 5.18. The van der Waals surface area contributed by atoms with Crippen molar-refractivity contribution >= 4 is 10.0 Å². The van der Waals surface area contributed by atoms with Crippen LogP contribution in [0.15, 0.2) is 24.4 Å². The third kappa shape index (κ3) is 3.73. The number of hydrogen-bond donors (Lipinski definition) is 2. The smallest absolute Gasteiger partial charge is 0.214 e. The van der Waals surface area contributed by atoms with Gasteiger partial charge in [-0.1, -0.05) is 6.07 Å². The topological polar surface area (TPSA) is 88.3 Å². The molecule has 7 heteroatoms. The van der Waals surface area contributed by atoms with Crippen molar-refractivity contribution in [2.75, 3.05) is 31.9 Å². The van der Waals surface area contributed by atoms with Crippen LogP contribution in [0, 0.1) is 0 Å². The maximum absolute atomic E-state index is 12.3. The molecule has 0 amide bonds. The van der Waals surface area contributed by atoms with Crippen LogP contribution in [0.25, 0.3) is 0 Å². The van der Waals surface area contributed by atoms with Gasteiger partial charge in [0.05, 0.1) is 5.75 Å². The zero-order valence-corrected chi connectivity index (χ0v) is 11.6. The molecule has 19 heavy (non-hydrogen) atoms. The van der Waals surface area contributed by atoms with E-state index >= 15 is 0 Å². The first-order valence-corrected chi connectivity index (χ1v) is 8.04. The average Bonchev–Trinajstić information content (AvgIpc) is 2.46. The first-order chi connectivity index (χ1) is 9.13. The van der Waals surface area contributed by atoms with Crippen LogP contribution in [0.5, 0.6) is 0 Å². The molecule has 3 N–H and O–H groups in total. The molecule has 1 aliphatic heterocycles. The Bertz CT molecular complexity index is 492. The number of aryl methyl sites for hydroxylation is 1. The number of nitrogens with one attached hydrogen (secondary N) is 1. The van der Waals surface area contributed by atoms with Gasteiger partial charge in [0, 0.05) is 50.5 Å². The molecule has 106 valence electrons. The van der Waals surface area contributed by atoms with E-state index in [4.69, 9.17) is 5.73 Å². The predicted octanol–water partition coefficient (Wildman–Crippen LogP) is -0.814. The number of pyridine rings is 1. The van der Waals surface area contributed by atoms with Crippen LogP contribution in [0.3, 0.4) is 0 Å². The summed E-state index contributed by atoms with van der Waals surface area (Å²) in [6.45, 7) is 2.14. The highest BCUT2D eigenvalue weighted by Crippen LogP contribution is 2.11. The second-order valence-electron chi connectivity index (χ2n) is 4.59. The van der Waals surface area contributed by atoms with Crippen LogP contribution < -0.4 is 11.1 Å². The Balaban J connectivity index is 2.01. The van der Waals surface area contributed by atoms with Gasteiger partial charge in [-0.2, -0.15) is 4.31 Å². The molecule has 1 saturated heterocycles. The van der Waals surface area contributed by atoms with Crippen LogP contribution in [0.2, 0.25) is 0 Å². The molecule has 2 heterocycles. The summed E-state index contributed by atoms with van der Waals surface area (Å²) in [7, 11) is -3.27. The van der Waals surface area contributed by atoms with E-state index in [0.29, 0.717) is 32.6 Å². The summed E-state index contributed by atoms with van der Waals surface area (Å²) in [6, 6.07) is 5.39. The highest BCUT2D eigenvalue weighted by molar-refractivity contribution is 7.89. The largest absolute Gasteiger partial charge is 0.329 e. The van der Waals surface area contributed by atoms with E-state index in [1.807, 2.05) is 18.2 Å². The molecule has 0 radical (unpaired) electrons. The Morgan fingerprint density at radius 3 is 3.00 bits per heavy atom. The molecule has 1 aromatic heterocycles. The lowest BCUT2D eigenvalue weighted by Gasteiger charge is -2.34. The monoisotopic (exact) mass is 284 g/mol. The van der Waals surface area contributed by atoms with Crippen molar-refractivity contribution in [3.05, 3.63) is 30.1 Å². The summed E-state index contributed by atoms with van der Waals surface area (Å²) < 4.78 is 26.2. The van der Waals surface area contributed by atoms with Crippen molar-refractivity contribution in [1.82, 2.24) is 14.6 Å². The van der Waals surface area contributed by atoms with E-state index in [-0.39, 0.29) is 11.8 Å². The Hall–Kier alpha value is -1.02. The minimum atomic E-state index is -3.27. The van der Waals surface area contributed by atoms with Gasteiger partial charge in [-0.15, -0.1) is 0 Å². The molecule has 1 aliphatic rings. The highest BCUT2D eigenvalue weighted by atomic mass is 32.2. The summed E-state index contributed by atoms with van der Waals surface area (Å²) in [6.07, 6.45) is 2.11. The van der Waals surface area contributed by atoms with Gasteiger partial charge in [-0.05, 0) is 12.1 Å². The first-order valence-electron chi connectivity index (χ1n) is 6.43. The molecule has 1 fully saturated rings. The lowest BCUT2D eigenvalue weighted by molar-refractivity contribution is 0.272. The van der Waals surface area contributed by atoms with Gasteiger partial charge in [0.2, 0.25) is 10.0 Å². The van der Waals surface area contributed by atoms with Gasteiger partial charge < -0.3 is 11.1 Å². The van der Waals surface area contributed by atoms with E-state index in [1.165, 1.54) is 4.31 Å². The van der Waals surface area contributed by atoms with Gasteiger partial charge in [0.25, 0.3) is 0 Å². The van der Waals surface area contributed by atoms with Gasteiger partial charge in [-0.25, -0.2) is 8.42 Å². The molecule has 0 aliphatic carbocycles. The van der Waals surface area contributed by atoms with E-state index in [0.717, 1.165) is 5.69 Å². The number of nitrogens with two attached hydrogens (primary N) is 1. The van der Waals surface area contributed by atoms with Crippen molar-refractivity contribution in [3.8, 4) is 0 Å². The number of aromatic nitrogens is 1. The quantitative estimate of drug-likeness (QED) is 0.738. The molecule has 1 atom stereocenters. The van der Waals surface area contributed by atoms with E-state index in [1.54, 1.807) is 6.20 Å². The van der Waals surface area contributed by atoms with E-state index in [9.17, 15) is 8.42 Å². The molecular formula is C12H20N4O2S. The first kappa shape index (κ1) is 14.4. The Labute approximate surface area is 114 Å². The van der Waals surface area contributed by atoms with Gasteiger partial charge >= 0.3 is 0 Å². The summed E-state index contributed by atoms with van der Waals surface area (Å²) in [5, 5.41) is 3.16. The van der Waals surface area contributed by atoms with Gasteiger partial charge in [0.1, 0.15) is 0 Å². The average molecular weight is 284 g/mol. The van der Waals surface area contributed by atoms with E-state index < -0.39 is 10.0 Å². The molecular weight excluding hydrogens is 264 g/mol. The molecule has 0 saturated carbocycles. The Kier molecular flexibility index (Phi) is 4.87. The maximum atomic E-state index is 12.3. The number of sulfonamides is 1. The van der Waals surface area contributed by atoms with Crippen LogP contribution in [0.4, 0.5) is 0 Å². The van der Waals surface area contributed by atoms with Crippen LogP contribution >= 0.6 is 0 Å². The highest BCUT2D eigenvalue weighted by Gasteiger charge is 2.30. The van der Waals surface area contributed by atoms with Gasteiger partial charge in [0.15, 0.2) is 0 Å². The van der Waals surface area contributed by atoms with Crippen LogP contribution in [0.1, 0.15) is 5.69 Å². The summed E-state index contributed by atoms with van der Waals surface area (Å²) in [4.78, 5) is 4.15. The maximum Gasteiger partial charge on any atom is 0.214 e. The van der Waals surface area contributed by atoms with Crippen molar-refractivity contribution < 1.29 is 8.42 Å². The SMILES string of the molecule is NCC1CNCCN1S(=O)(=O)CCc1ccccn1. The number of hydrogen-bond acceptors (Lipinski definition) is 5. The molecule has 6 nitrogen and oxygen atoms in total. The van der Waals surface area contributed by atoms with Crippen molar-refractivity contribution in [2.24, 2.45) is 5.73 Å². The van der Waals surface area contributed by atoms with Crippen molar-refractivity contribution in [3.63, 3.8) is 0 Å². The summed E-state index contributed by atoms with van der Waals surface area (Å²) in [5.41, 5.74) is 6.44. The fraction of sp³-hybridized carbons (Fsp3) is 0.583. The number of rotatable bonds is 5. The number of piperazine rings is 1. The van der Waals surface area contributed by atoms with Crippen molar-refractivity contribution in [2.45, 2.75) is 12.5 Å². The molecule has 2 rings (SSSR count). The van der Waals surface area contributed by atoms with E-state index in [2.05, 4.69) is 10.3 Å². The fourth-order valence-corrected chi connectivity index (χ4v) is 3.89. The fourth-order valence-electron chi connectivity index (χ4n) is 2.21. The molecule has 1 unspecified atom stereocenters. The molecule has 0 spiro atoms. The lowest BCUT2D eigenvalue weighted by Crippen LogP contribution is -2.56. The summed E-state index contributed by atoms with van der Waals surface area (Å²) >= 11 is 0. The predicted molar refractivity (Wildman–Crippen MR) is 74.1 cm³/mol. The summed E-state index contributed by atoms with van der Waals surface area (Å²) in [5.74, 6) is 0.0838. The lowest BCUT2D eigenvalue weighted by atomic mass is 10.2. The zero-order chi connectivity index (χ0) is 13.7. The normalized spacial score (nSPS) is 21.4. The number of nitrogens with zero attached hydrogens (tertiary/aromatic N) is 2. The minimum Gasteiger partial charge on any atom is -0.329 e.